The van der Waals surface area contributed by atoms with Gasteiger partial charge in [0.05, 0.1) is 48.8 Å². The third kappa shape index (κ3) is 6.65. The van der Waals surface area contributed by atoms with Crippen LogP contribution in [-0.4, -0.2) is 84.0 Å². The summed E-state index contributed by atoms with van der Waals surface area (Å²) >= 11 is 1.62. The number of carboxylic acid groups (broad SMARTS) is 1. The van der Waals surface area contributed by atoms with E-state index in [9.17, 15) is 15.0 Å². The number of carbonyl (C=O) groups is 1. The van der Waals surface area contributed by atoms with E-state index in [1.54, 1.807) is 18.4 Å². The lowest BCUT2D eigenvalue weighted by Crippen LogP contribution is -2.44. The molecule has 1 atom stereocenters. The number of methoxy groups -OCH3 is 1. The summed E-state index contributed by atoms with van der Waals surface area (Å²) in [5, 5.41) is 24.8. The molecule has 5 rings (SSSR count). The fourth-order valence-electron chi connectivity index (χ4n) is 5.74. The maximum atomic E-state index is 12.6. The number of aliphatic hydroxyl groups is 1. The van der Waals surface area contributed by atoms with Gasteiger partial charge in [-0.1, -0.05) is 17.9 Å². The van der Waals surface area contributed by atoms with E-state index in [2.05, 4.69) is 26.6 Å². The molecular formula is C31H37N3O5S. The number of rotatable bonds is 9. The van der Waals surface area contributed by atoms with Crippen LogP contribution in [0.25, 0.3) is 10.9 Å². The Kier molecular flexibility index (Phi) is 9.35. The predicted molar refractivity (Wildman–Crippen MR) is 156 cm³/mol. The second kappa shape index (κ2) is 13.1. The Labute approximate surface area is 239 Å². The van der Waals surface area contributed by atoms with Gasteiger partial charge in [-0.3, -0.25) is 19.6 Å². The number of aliphatic carboxylic acids is 1. The van der Waals surface area contributed by atoms with Crippen molar-refractivity contribution < 1.29 is 24.5 Å². The van der Waals surface area contributed by atoms with Gasteiger partial charge in [-0.25, -0.2) is 0 Å². The largest absolute Gasteiger partial charge is 0.497 e. The molecule has 40 heavy (non-hydrogen) atoms. The molecule has 2 N–H and O–H groups in total. The molecule has 0 unspecified atom stereocenters. The first-order valence-electron chi connectivity index (χ1n) is 13.9. The van der Waals surface area contributed by atoms with E-state index >= 15 is 0 Å². The molecule has 0 saturated carbocycles. The second-order valence-corrected chi connectivity index (χ2v) is 11.6. The lowest BCUT2D eigenvalue weighted by atomic mass is 9.73. The van der Waals surface area contributed by atoms with Crippen LogP contribution in [0, 0.1) is 17.3 Å². The highest BCUT2D eigenvalue weighted by Gasteiger charge is 2.41. The molecule has 4 heterocycles. The Morgan fingerprint density at radius 1 is 1.20 bits per heavy atom. The fourth-order valence-corrected chi connectivity index (χ4v) is 6.33. The van der Waals surface area contributed by atoms with E-state index in [0.29, 0.717) is 70.8 Å². The second-order valence-electron chi connectivity index (χ2n) is 10.7. The van der Waals surface area contributed by atoms with Gasteiger partial charge in [0.2, 0.25) is 0 Å². The van der Waals surface area contributed by atoms with E-state index in [1.807, 2.05) is 41.9 Å². The summed E-state index contributed by atoms with van der Waals surface area (Å²) in [5.74, 6) is 6.32. The number of hydrogen-bond donors (Lipinski definition) is 2. The molecule has 3 aromatic rings. The summed E-state index contributed by atoms with van der Waals surface area (Å²) in [6.45, 7) is 5.66. The van der Waals surface area contributed by atoms with Gasteiger partial charge in [0.1, 0.15) is 5.75 Å². The van der Waals surface area contributed by atoms with Crippen molar-refractivity contribution in [3.8, 4) is 17.6 Å². The normalized spacial score (nSPS) is 18.6. The number of ether oxygens (including phenoxy) is 2. The molecular weight excluding hydrogens is 526 g/mol. The van der Waals surface area contributed by atoms with Crippen molar-refractivity contribution in [1.82, 2.24) is 14.8 Å². The van der Waals surface area contributed by atoms with E-state index in [-0.39, 0.29) is 0 Å². The number of piperidine rings is 1. The Balaban J connectivity index is 1.31. The zero-order valence-corrected chi connectivity index (χ0v) is 23.8. The van der Waals surface area contributed by atoms with Crippen molar-refractivity contribution in [1.29, 1.82) is 0 Å². The monoisotopic (exact) mass is 563 g/mol. The predicted octanol–water partition coefficient (Wildman–Crippen LogP) is 4.17. The molecule has 0 aliphatic carbocycles. The molecule has 2 aromatic heterocycles. The van der Waals surface area contributed by atoms with Crippen LogP contribution >= 0.6 is 11.3 Å². The minimum Gasteiger partial charge on any atom is -0.497 e. The van der Waals surface area contributed by atoms with Crippen LogP contribution in [0.4, 0.5) is 0 Å². The number of benzene rings is 1. The van der Waals surface area contributed by atoms with Gasteiger partial charge in [-0.2, -0.15) is 0 Å². The van der Waals surface area contributed by atoms with Gasteiger partial charge in [0, 0.05) is 44.3 Å². The minimum absolute atomic E-state index is 0.358. The van der Waals surface area contributed by atoms with Crippen LogP contribution in [0.5, 0.6) is 5.75 Å². The van der Waals surface area contributed by atoms with Gasteiger partial charge in [0.15, 0.2) is 0 Å². The SMILES string of the molecule is COc1ccc2ncc(CN3CCOCC3)c([C@@H](O)CCC3(C(=O)O)CCN(CC#Cc4cccs4)CC3)c2c1. The van der Waals surface area contributed by atoms with Crippen LogP contribution in [0.15, 0.2) is 41.9 Å². The average Bonchev–Trinajstić information content (AvgIpc) is 3.50. The molecule has 2 fully saturated rings. The molecule has 0 radical (unpaired) electrons. The Morgan fingerprint density at radius 3 is 2.70 bits per heavy atom. The summed E-state index contributed by atoms with van der Waals surface area (Å²) in [6.07, 6.45) is 2.88. The molecule has 2 aliphatic rings. The van der Waals surface area contributed by atoms with Crippen LogP contribution in [-0.2, 0) is 16.1 Å². The summed E-state index contributed by atoms with van der Waals surface area (Å²) in [6, 6.07) is 9.68. The number of aromatic nitrogens is 1. The fraction of sp³-hybridized carbons (Fsp3) is 0.484. The molecule has 212 valence electrons. The lowest BCUT2D eigenvalue weighted by molar-refractivity contribution is -0.153. The Bertz CT molecular complexity index is 1350. The number of aliphatic hydroxyl groups excluding tert-OH is 1. The summed E-state index contributed by atoms with van der Waals surface area (Å²) in [7, 11) is 1.62. The number of fused-ring (bicyclic) bond motifs is 1. The number of morpholine rings is 1. The van der Waals surface area contributed by atoms with Crippen LogP contribution in [0.1, 0.15) is 47.8 Å². The van der Waals surface area contributed by atoms with Crippen molar-refractivity contribution in [2.75, 3.05) is 53.0 Å². The molecule has 1 aromatic carbocycles. The standard InChI is InChI=1S/C31H37N3O5S/c1-38-24-6-7-27-26(20-24)29(23(21-32-27)22-34-15-17-39-18-16-34)28(35)8-9-31(30(36)37)10-13-33(14-11-31)12-2-4-25-5-3-19-40-25/h3,5-7,19-21,28,35H,8-18,22H2,1H3,(H,36,37)/t28-/m0/s1. The van der Waals surface area contributed by atoms with Gasteiger partial charge in [0.25, 0.3) is 0 Å². The highest BCUT2D eigenvalue weighted by Crippen LogP contribution is 2.40. The molecule has 0 bridgehead atoms. The number of nitrogens with zero attached hydrogens (tertiary/aromatic N) is 3. The summed E-state index contributed by atoms with van der Waals surface area (Å²) in [4.78, 5) is 22.8. The van der Waals surface area contributed by atoms with E-state index in [0.717, 1.165) is 40.0 Å². The molecule has 0 spiro atoms. The van der Waals surface area contributed by atoms with Crippen molar-refractivity contribution in [3.63, 3.8) is 0 Å². The number of carboxylic acids is 1. The lowest BCUT2D eigenvalue weighted by Gasteiger charge is -2.38. The zero-order valence-electron chi connectivity index (χ0n) is 23.0. The number of pyridine rings is 1. The molecule has 0 amide bonds. The van der Waals surface area contributed by atoms with Crippen molar-refractivity contribution in [2.45, 2.75) is 38.3 Å². The average molecular weight is 564 g/mol. The van der Waals surface area contributed by atoms with E-state index in [4.69, 9.17) is 9.47 Å². The molecule has 8 nitrogen and oxygen atoms in total. The topological polar surface area (TPSA) is 95.4 Å². The Hall–Kier alpha value is -3.00. The first kappa shape index (κ1) is 28.5. The first-order chi connectivity index (χ1) is 19.5. The van der Waals surface area contributed by atoms with E-state index < -0.39 is 17.5 Å². The van der Waals surface area contributed by atoms with Gasteiger partial charge >= 0.3 is 5.97 Å². The van der Waals surface area contributed by atoms with Crippen molar-refractivity contribution in [3.05, 3.63) is 57.9 Å². The van der Waals surface area contributed by atoms with Crippen LogP contribution in [0.3, 0.4) is 0 Å². The van der Waals surface area contributed by atoms with E-state index in [1.165, 1.54) is 0 Å². The van der Waals surface area contributed by atoms with Crippen molar-refractivity contribution in [2.24, 2.45) is 5.41 Å². The summed E-state index contributed by atoms with van der Waals surface area (Å²) in [5.41, 5.74) is 1.70. The van der Waals surface area contributed by atoms with Gasteiger partial charge in [-0.05, 0) is 66.5 Å². The highest BCUT2D eigenvalue weighted by molar-refractivity contribution is 7.10. The number of likely N-dealkylation sites (tertiary alicyclic amines) is 1. The summed E-state index contributed by atoms with van der Waals surface area (Å²) < 4.78 is 11.0. The molecule has 2 aliphatic heterocycles. The number of hydrogen-bond acceptors (Lipinski definition) is 8. The maximum absolute atomic E-state index is 12.6. The Morgan fingerprint density at radius 2 is 2.00 bits per heavy atom. The third-order valence-electron chi connectivity index (χ3n) is 8.23. The van der Waals surface area contributed by atoms with Crippen molar-refractivity contribution >= 4 is 28.2 Å². The van der Waals surface area contributed by atoms with Gasteiger partial charge in [-0.15, -0.1) is 11.3 Å². The van der Waals surface area contributed by atoms with Gasteiger partial charge < -0.3 is 19.7 Å². The van der Waals surface area contributed by atoms with Crippen LogP contribution in [0.2, 0.25) is 0 Å². The zero-order chi connectivity index (χ0) is 28.0. The van der Waals surface area contributed by atoms with Crippen LogP contribution < -0.4 is 4.74 Å². The molecule has 9 heteroatoms. The quantitative estimate of drug-likeness (QED) is 0.375. The smallest absolute Gasteiger partial charge is 0.309 e. The maximum Gasteiger partial charge on any atom is 0.309 e. The number of thiophene rings is 1. The molecule has 2 saturated heterocycles. The third-order valence-corrected chi connectivity index (χ3v) is 9.01. The minimum atomic E-state index is -0.858. The first-order valence-corrected chi connectivity index (χ1v) is 14.8. The highest BCUT2D eigenvalue weighted by atomic mass is 32.1.